The molecule has 3 N–H and O–H groups in total. The zero-order valence-corrected chi connectivity index (χ0v) is 9.77. The molecule has 1 aromatic heterocycles. The maximum Gasteiger partial charge on any atom is 0.315 e. The third-order valence-corrected chi connectivity index (χ3v) is 2.12. The Labute approximate surface area is 90.5 Å². The first-order valence-corrected chi connectivity index (χ1v) is 5.18. The van der Waals surface area contributed by atoms with Crippen molar-refractivity contribution < 1.29 is 4.79 Å². The molecule has 4 nitrogen and oxygen atoms in total. The summed E-state index contributed by atoms with van der Waals surface area (Å²) in [5.41, 5.74) is 3.36. The smallest absolute Gasteiger partial charge is 0.315 e. The lowest BCUT2D eigenvalue weighted by Gasteiger charge is -2.09. The number of aromatic nitrogens is 1. The maximum atomic E-state index is 11.3. The number of aromatic amines is 1. The van der Waals surface area contributed by atoms with Crippen molar-refractivity contribution in [2.24, 2.45) is 0 Å². The van der Waals surface area contributed by atoms with Crippen LogP contribution in [0.5, 0.6) is 0 Å². The summed E-state index contributed by atoms with van der Waals surface area (Å²) in [6, 6.07) is 2.09. The van der Waals surface area contributed by atoms with Gasteiger partial charge in [-0.3, -0.25) is 0 Å². The molecule has 0 spiro atoms. The first-order chi connectivity index (χ1) is 6.99. The largest absolute Gasteiger partial charge is 0.362 e. The zero-order valence-electron chi connectivity index (χ0n) is 9.77. The highest BCUT2D eigenvalue weighted by molar-refractivity contribution is 5.74. The van der Waals surface area contributed by atoms with E-state index in [0.29, 0.717) is 6.54 Å². The van der Waals surface area contributed by atoms with E-state index in [-0.39, 0.29) is 12.1 Å². The second kappa shape index (κ2) is 4.87. The van der Waals surface area contributed by atoms with Crippen LogP contribution < -0.4 is 10.6 Å². The quantitative estimate of drug-likeness (QED) is 0.699. The van der Waals surface area contributed by atoms with Gasteiger partial charge in [0.1, 0.15) is 0 Å². The predicted octanol–water partition coefficient (Wildman–Crippen LogP) is 1.84. The summed E-state index contributed by atoms with van der Waals surface area (Å²) in [6.45, 7) is 8.44. The highest BCUT2D eigenvalue weighted by atomic mass is 16.2. The molecule has 0 radical (unpaired) electrons. The fraction of sp³-hybridized carbons (Fsp3) is 0.545. The number of carbonyl (C=O) groups excluding carboxylic acids is 1. The molecule has 0 aliphatic rings. The van der Waals surface area contributed by atoms with Crippen molar-refractivity contribution in [3.63, 3.8) is 0 Å². The first-order valence-electron chi connectivity index (χ1n) is 5.18. The average Bonchev–Trinajstić information content (AvgIpc) is 2.40. The minimum Gasteiger partial charge on any atom is -0.362 e. The van der Waals surface area contributed by atoms with Gasteiger partial charge in [0.25, 0.3) is 0 Å². The summed E-state index contributed by atoms with van der Waals surface area (Å²) >= 11 is 0. The number of H-pyrrole nitrogens is 1. The Morgan fingerprint density at radius 1 is 1.47 bits per heavy atom. The second-order valence-corrected chi connectivity index (χ2v) is 4.08. The van der Waals surface area contributed by atoms with Crippen LogP contribution in [0.25, 0.3) is 0 Å². The molecular weight excluding hydrogens is 190 g/mol. The van der Waals surface area contributed by atoms with E-state index >= 15 is 0 Å². The molecule has 4 heteroatoms. The van der Waals surface area contributed by atoms with Crippen molar-refractivity contribution >= 4 is 6.03 Å². The van der Waals surface area contributed by atoms with Gasteiger partial charge in [-0.2, -0.15) is 0 Å². The molecule has 0 aliphatic heterocycles. The van der Waals surface area contributed by atoms with E-state index in [4.69, 9.17) is 0 Å². The number of hydrogen-bond acceptors (Lipinski definition) is 1. The van der Waals surface area contributed by atoms with Crippen LogP contribution in [-0.2, 0) is 6.54 Å². The van der Waals surface area contributed by atoms with Crippen LogP contribution in [0.1, 0.15) is 30.8 Å². The number of amides is 2. The van der Waals surface area contributed by atoms with E-state index in [1.807, 2.05) is 33.8 Å². The topological polar surface area (TPSA) is 56.9 Å². The van der Waals surface area contributed by atoms with E-state index in [9.17, 15) is 4.79 Å². The fourth-order valence-electron chi connectivity index (χ4n) is 1.45. The number of urea groups is 1. The van der Waals surface area contributed by atoms with E-state index < -0.39 is 0 Å². The maximum absolute atomic E-state index is 11.3. The molecule has 1 heterocycles. The Kier molecular flexibility index (Phi) is 3.77. The van der Waals surface area contributed by atoms with Crippen molar-refractivity contribution in [1.82, 2.24) is 15.6 Å². The second-order valence-electron chi connectivity index (χ2n) is 4.08. The summed E-state index contributed by atoms with van der Waals surface area (Å²) in [7, 11) is 0. The molecule has 0 atom stereocenters. The fourth-order valence-corrected chi connectivity index (χ4v) is 1.45. The minimum absolute atomic E-state index is 0.122. The van der Waals surface area contributed by atoms with Crippen LogP contribution >= 0.6 is 0 Å². The average molecular weight is 209 g/mol. The normalized spacial score (nSPS) is 10.5. The molecule has 15 heavy (non-hydrogen) atoms. The Morgan fingerprint density at radius 3 is 2.60 bits per heavy atom. The Bertz CT molecular complexity index is 342. The molecule has 0 aromatic carbocycles. The molecule has 2 amide bonds. The highest BCUT2D eigenvalue weighted by Gasteiger charge is 2.05. The van der Waals surface area contributed by atoms with Gasteiger partial charge < -0.3 is 15.6 Å². The molecule has 0 saturated carbocycles. The van der Waals surface area contributed by atoms with Crippen molar-refractivity contribution in [2.75, 3.05) is 0 Å². The van der Waals surface area contributed by atoms with E-state index in [0.717, 1.165) is 17.0 Å². The van der Waals surface area contributed by atoms with Gasteiger partial charge in [0.2, 0.25) is 0 Å². The van der Waals surface area contributed by atoms with E-state index in [2.05, 4.69) is 15.6 Å². The van der Waals surface area contributed by atoms with Gasteiger partial charge in [-0.05, 0) is 39.3 Å². The van der Waals surface area contributed by atoms with Crippen LogP contribution in [-0.4, -0.2) is 17.1 Å². The third-order valence-electron chi connectivity index (χ3n) is 2.12. The number of nitrogens with one attached hydrogen (secondary N) is 3. The number of carbonyl (C=O) groups is 1. The van der Waals surface area contributed by atoms with E-state index in [1.165, 1.54) is 0 Å². The highest BCUT2D eigenvalue weighted by Crippen LogP contribution is 2.08. The zero-order chi connectivity index (χ0) is 11.4. The lowest BCUT2D eigenvalue weighted by atomic mass is 10.2. The Hall–Kier alpha value is -1.45. The van der Waals surface area contributed by atoms with Gasteiger partial charge in [-0.15, -0.1) is 0 Å². The van der Waals surface area contributed by atoms with Crippen molar-refractivity contribution in [3.05, 3.63) is 23.0 Å². The lowest BCUT2D eigenvalue weighted by Crippen LogP contribution is -2.39. The van der Waals surface area contributed by atoms with Gasteiger partial charge in [0, 0.05) is 24.0 Å². The van der Waals surface area contributed by atoms with Crippen molar-refractivity contribution in [3.8, 4) is 0 Å². The van der Waals surface area contributed by atoms with Gasteiger partial charge >= 0.3 is 6.03 Å². The van der Waals surface area contributed by atoms with Gasteiger partial charge in [-0.25, -0.2) is 4.79 Å². The van der Waals surface area contributed by atoms with Crippen LogP contribution in [0.4, 0.5) is 4.79 Å². The molecule has 0 aliphatic carbocycles. The lowest BCUT2D eigenvalue weighted by molar-refractivity contribution is 0.238. The third kappa shape index (κ3) is 3.65. The Morgan fingerprint density at radius 2 is 2.13 bits per heavy atom. The van der Waals surface area contributed by atoms with Crippen molar-refractivity contribution in [1.29, 1.82) is 0 Å². The molecule has 1 aromatic rings. The van der Waals surface area contributed by atoms with Crippen LogP contribution in [0.2, 0.25) is 0 Å². The van der Waals surface area contributed by atoms with Gasteiger partial charge in [-0.1, -0.05) is 0 Å². The molecule has 0 fully saturated rings. The standard InChI is InChI=1S/C11H19N3O/c1-7(2)13-11(15)12-6-10-5-8(3)14-9(10)4/h5,7,14H,6H2,1-4H3,(H2,12,13,15). The summed E-state index contributed by atoms with van der Waals surface area (Å²) in [6.07, 6.45) is 0. The molecular formula is C11H19N3O. The van der Waals surface area contributed by atoms with Gasteiger partial charge in [0.15, 0.2) is 0 Å². The Balaban J connectivity index is 2.43. The molecule has 0 saturated heterocycles. The molecule has 0 bridgehead atoms. The monoisotopic (exact) mass is 209 g/mol. The molecule has 84 valence electrons. The summed E-state index contributed by atoms with van der Waals surface area (Å²) < 4.78 is 0. The van der Waals surface area contributed by atoms with Gasteiger partial charge in [0.05, 0.1) is 0 Å². The first kappa shape index (κ1) is 11.6. The number of aryl methyl sites for hydroxylation is 2. The SMILES string of the molecule is Cc1cc(CNC(=O)NC(C)C)c(C)[nH]1. The van der Waals surface area contributed by atoms with Crippen molar-refractivity contribution in [2.45, 2.75) is 40.3 Å². The van der Waals surface area contributed by atoms with Crippen LogP contribution in [0.15, 0.2) is 6.07 Å². The summed E-state index contributed by atoms with van der Waals surface area (Å²) in [5, 5.41) is 5.59. The number of rotatable bonds is 3. The van der Waals surface area contributed by atoms with Crippen LogP contribution in [0.3, 0.4) is 0 Å². The molecule has 1 rings (SSSR count). The molecule has 0 unspecified atom stereocenters. The minimum atomic E-state index is -0.122. The predicted molar refractivity (Wildman–Crippen MR) is 60.8 cm³/mol. The van der Waals surface area contributed by atoms with E-state index in [1.54, 1.807) is 0 Å². The summed E-state index contributed by atoms with van der Waals surface area (Å²) in [5.74, 6) is 0. The number of hydrogen-bond donors (Lipinski definition) is 3. The van der Waals surface area contributed by atoms with Crippen LogP contribution in [0, 0.1) is 13.8 Å². The summed E-state index contributed by atoms with van der Waals surface area (Å²) in [4.78, 5) is 14.5.